The van der Waals surface area contributed by atoms with E-state index < -0.39 is 10.2 Å². The summed E-state index contributed by atoms with van der Waals surface area (Å²) in [6.45, 7) is 5.44. The van der Waals surface area contributed by atoms with Crippen LogP contribution in [0.1, 0.15) is 63.0 Å². The molecule has 1 aromatic rings. The number of carbonyl (C=O) groups excluding carboxylic acids is 1. The number of nitrogens with zero attached hydrogens (tertiary/aromatic N) is 4. The van der Waals surface area contributed by atoms with Crippen LogP contribution in [0, 0.1) is 0 Å². The van der Waals surface area contributed by atoms with Gasteiger partial charge in [-0.05, 0) is 69.2 Å². The SMILES string of the molecule is CCCOC(=O)N1C2CCC1CC(N1CCC3(CC1)CN(S(=O)(=O)N(C)C)Cc1ccccc13)C2. The third-order valence-corrected chi connectivity index (χ3v) is 10.7. The summed E-state index contributed by atoms with van der Waals surface area (Å²) in [4.78, 5) is 17.3. The third kappa shape index (κ3) is 4.49. The zero-order valence-corrected chi connectivity index (χ0v) is 22.2. The lowest BCUT2D eigenvalue weighted by atomic mass is 9.69. The predicted octanol–water partition coefficient (Wildman–Crippen LogP) is 3.18. The van der Waals surface area contributed by atoms with Gasteiger partial charge in [-0.1, -0.05) is 31.2 Å². The van der Waals surface area contributed by atoms with Crippen molar-refractivity contribution in [3.63, 3.8) is 0 Å². The van der Waals surface area contributed by atoms with Crippen LogP contribution in [-0.2, 0) is 26.9 Å². The first-order valence-electron chi connectivity index (χ1n) is 13.2. The summed E-state index contributed by atoms with van der Waals surface area (Å²) in [5, 5.41) is 0. The molecule has 4 heterocycles. The minimum atomic E-state index is -3.48. The van der Waals surface area contributed by atoms with Crippen LogP contribution in [0.15, 0.2) is 24.3 Å². The fraction of sp³-hybridized carbons (Fsp3) is 0.731. The first kappa shape index (κ1) is 25.0. The Hall–Kier alpha value is -1.68. The van der Waals surface area contributed by atoms with Crippen molar-refractivity contribution < 1.29 is 17.9 Å². The molecule has 0 aliphatic carbocycles. The summed E-state index contributed by atoms with van der Waals surface area (Å²) < 4.78 is 34.6. The average molecular weight is 505 g/mol. The van der Waals surface area contributed by atoms with E-state index in [0.717, 1.165) is 63.6 Å². The summed E-state index contributed by atoms with van der Waals surface area (Å²) in [5.74, 6) is 0. The number of amides is 1. The second-order valence-electron chi connectivity index (χ2n) is 11.1. The van der Waals surface area contributed by atoms with Crippen LogP contribution in [-0.4, -0.2) is 91.4 Å². The van der Waals surface area contributed by atoms with Gasteiger partial charge in [0, 0.05) is 50.7 Å². The van der Waals surface area contributed by atoms with Crippen molar-refractivity contribution in [1.29, 1.82) is 0 Å². The van der Waals surface area contributed by atoms with E-state index in [9.17, 15) is 13.2 Å². The van der Waals surface area contributed by atoms with Crippen LogP contribution in [0.5, 0.6) is 0 Å². The normalized spacial score (nSPS) is 28.9. The largest absolute Gasteiger partial charge is 0.449 e. The monoisotopic (exact) mass is 504 g/mol. The van der Waals surface area contributed by atoms with E-state index in [2.05, 4.69) is 23.1 Å². The molecule has 3 saturated heterocycles. The van der Waals surface area contributed by atoms with Gasteiger partial charge in [-0.15, -0.1) is 0 Å². The highest BCUT2D eigenvalue weighted by molar-refractivity contribution is 7.86. The molecule has 1 spiro atoms. The van der Waals surface area contributed by atoms with E-state index in [4.69, 9.17) is 4.74 Å². The van der Waals surface area contributed by atoms with E-state index in [1.54, 1.807) is 18.4 Å². The summed E-state index contributed by atoms with van der Waals surface area (Å²) >= 11 is 0. The Bertz CT molecular complexity index is 1020. The first-order valence-corrected chi connectivity index (χ1v) is 14.6. The zero-order valence-electron chi connectivity index (χ0n) is 21.4. The Morgan fingerprint density at radius 3 is 2.37 bits per heavy atom. The van der Waals surface area contributed by atoms with E-state index in [0.29, 0.717) is 25.7 Å². The van der Waals surface area contributed by atoms with Gasteiger partial charge >= 0.3 is 6.09 Å². The molecule has 0 N–H and O–H groups in total. The number of hydrogen-bond donors (Lipinski definition) is 0. The molecule has 35 heavy (non-hydrogen) atoms. The Kier molecular flexibility index (Phi) is 6.89. The van der Waals surface area contributed by atoms with Gasteiger partial charge in [0.25, 0.3) is 10.2 Å². The van der Waals surface area contributed by atoms with Crippen LogP contribution < -0.4 is 0 Å². The van der Waals surface area contributed by atoms with Crippen LogP contribution in [0.3, 0.4) is 0 Å². The molecule has 0 radical (unpaired) electrons. The summed E-state index contributed by atoms with van der Waals surface area (Å²) in [7, 11) is -0.246. The number of benzene rings is 1. The highest BCUT2D eigenvalue weighted by Crippen LogP contribution is 2.45. The van der Waals surface area contributed by atoms with Crippen molar-refractivity contribution in [2.75, 3.05) is 40.3 Å². The van der Waals surface area contributed by atoms with E-state index >= 15 is 0 Å². The number of fused-ring (bicyclic) bond motifs is 4. The maximum Gasteiger partial charge on any atom is 0.410 e. The fourth-order valence-electron chi connectivity index (χ4n) is 6.99. The number of carbonyl (C=O) groups is 1. The van der Waals surface area contributed by atoms with E-state index in [-0.39, 0.29) is 23.6 Å². The van der Waals surface area contributed by atoms with Crippen molar-refractivity contribution in [3.05, 3.63) is 35.4 Å². The van der Waals surface area contributed by atoms with Crippen LogP contribution in [0.4, 0.5) is 4.79 Å². The summed E-state index contributed by atoms with van der Waals surface area (Å²) in [6, 6.07) is 9.47. The standard InChI is InChI=1S/C26H40N4O4S/c1-4-15-34-25(31)30-21-9-10-22(30)17-23(16-21)28-13-11-26(12-14-28)19-29(35(32,33)27(2)3)18-20-7-5-6-8-24(20)26/h5-8,21-23H,4,9-19H2,1-3H3. The molecule has 9 heteroatoms. The predicted molar refractivity (Wildman–Crippen MR) is 135 cm³/mol. The molecule has 194 valence electrons. The van der Waals surface area contributed by atoms with Gasteiger partial charge in [-0.25, -0.2) is 4.79 Å². The third-order valence-electron chi connectivity index (χ3n) is 8.82. The highest BCUT2D eigenvalue weighted by atomic mass is 32.2. The molecule has 2 bridgehead atoms. The fourth-order valence-corrected chi connectivity index (χ4v) is 8.17. The molecule has 2 atom stereocenters. The van der Waals surface area contributed by atoms with Crippen LogP contribution >= 0.6 is 0 Å². The second kappa shape index (κ2) is 9.65. The molecule has 4 aliphatic heterocycles. The first-order chi connectivity index (χ1) is 16.7. The number of rotatable bonds is 5. The molecule has 0 aromatic heterocycles. The number of ether oxygens (including phenoxy) is 1. The Morgan fingerprint density at radius 2 is 1.74 bits per heavy atom. The second-order valence-corrected chi connectivity index (χ2v) is 13.2. The van der Waals surface area contributed by atoms with Crippen molar-refractivity contribution in [1.82, 2.24) is 18.4 Å². The topological polar surface area (TPSA) is 73.4 Å². The molecular weight excluding hydrogens is 464 g/mol. The van der Waals surface area contributed by atoms with Gasteiger partial charge in [0.15, 0.2) is 0 Å². The van der Waals surface area contributed by atoms with Gasteiger partial charge in [-0.2, -0.15) is 17.0 Å². The van der Waals surface area contributed by atoms with Crippen molar-refractivity contribution in [3.8, 4) is 0 Å². The molecular formula is C26H40N4O4S. The minimum Gasteiger partial charge on any atom is -0.449 e. The van der Waals surface area contributed by atoms with Gasteiger partial charge < -0.3 is 14.5 Å². The summed E-state index contributed by atoms with van der Waals surface area (Å²) in [6.07, 6.45) is 6.82. The quantitative estimate of drug-likeness (QED) is 0.616. The number of piperidine rings is 2. The molecule has 1 aromatic carbocycles. The Balaban J connectivity index is 1.29. The molecule has 4 aliphatic rings. The zero-order chi connectivity index (χ0) is 24.8. The highest BCUT2D eigenvalue weighted by Gasteiger charge is 2.49. The van der Waals surface area contributed by atoms with Crippen molar-refractivity contribution >= 4 is 16.3 Å². The molecule has 5 rings (SSSR count). The number of hydrogen-bond acceptors (Lipinski definition) is 5. The summed E-state index contributed by atoms with van der Waals surface area (Å²) in [5.41, 5.74) is 2.32. The van der Waals surface area contributed by atoms with Crippen LogP contribution in [0.2, 0.25) is 0 Å². The number of likely N-dealkylation sites (tertiary alicyclic amines) is 1. The molecule has 0 saturated carbocycles. The minimum absolute atomic E-state index is 0.128. The molecule has 2 unspecified atom stereocenters. The smallest absolute Gasteiger partial charge is 0.410 e. The Morgan fingerprint density at radius 1 is 1.09 bits per heavy atom. The van der Waals surface area contributed by atoms with Crippen LogP contribution in [0.25, 0.3) is 0 Å². The Labute approximate surface area is 210 Å². The molecule has 1 amide bonds. The lowest BCUT2D eigenvalue weighted by molar-refractivity contribution is 0.0224. The maximum atomic E-state index is 13.1. The maximum absolute atomic E-state index is 13.1. The molecule has 8 nitrogen and oxygen atoms in total. The van der Waals surface area contributed by atoms with Gasteiger partial charge in [0.05, 0.1) is 6.61 Å². The van der Waals surface area contributed by atoms with Gasteiger partial charge in [-0.3, -0.25) is 0 Å². The van der Waals surface area contributed by atoms with Crippen molar-refractivity contribution in [2.45, 2.75) is 82.0 Å². The van der Waals surface area contributed by atoms with E-state index in [1.165, 1.54) is 9.87 Å². The van der Waals surface area contributed by atoms with Gasteiger partial charge in [0.1, 0.15) is 0 Å². The van der Waals surface area contributed by atoms with Crippen molar-refractivity contribution in [2.24, 2.45) is 0 Å². The lowest BCUT2D eigenvalue weighted by Crippen LogP contribution is -2.58. The van der Waals surface area contributed by atoms with Gasteiger partial charge in [0.2, 0.25) is 0 Å². The average Bonchev–Trinajstić information content (AvgIpc) is 3.12. The van der Waals surface area contributed by atoms with E-state index in [1.807, 2.05) is 17.9 Å². The molecule has 3 fully saturated rings. The lowest BCUT2D eigenvalue weighted by Gasteiger charge is -2.51.